The number of rotatable bonds is 10. The zero-order valence-corrected chi connectivity index (χ0v) is 12.8. The lowest BCUT2D eigenvalue weighted by molar-refractivity contribution is -0.879. The molecule has 3 heteroatoms. The topological polar surface area (TPSA) is 0 Å². The van der Waals surface area contributed by atoms with Gasteiger partial charge in [0.25, 0.3) is 0 Å². The van der Waals surface area contributed by atoms with Gasteiger partial charge in [0.1, 0.15) is 0 Å². The van der Waals surface area contributed by atoms with Crippen molar-refractivity contribution in [2.24, 2.45) is 0 Å². The Morgan fingerprint density at radius 1 is 0.812 bits per heavy atom. The van der Waals surface area contributed by atoms with Crippen LogP contribution in [0.5, 0.6) is 0 Å². The number of nitrogens with zero attached hydrogens (tertiary/aromatic N) is 1. The van der Waals surface area contributed by atoms with Crippen molar-refractivity contribution in [1.29, 1.82) is 0 Å². The Hall–Kier alpha value is 0.540. The fourth-order valence-electron chi connectivity index (χ4n) is 1.73. The van der Waals surface area contributed by atoms with Crippen molar-refractivity contribution in [1.82, 2.24) is 0 Å². The fraction of sp³-hybridized carbons (Fsp3) is 1.00. The predicted octanol–water partition coefficient (Wildman–Crippen LogP) is 1.40. The zero-order chi connectivity index (χ0) is 11.6. The van der Waals surface area contributed by atoms with Gasteiger partial charge in [-0.1, -0.05) is 57.0 Å². The summed E-state index contributed by atoms with van der Waals surface area (Å²) >= 11 is 5.86. The highest BCUT2D eigenvalue weighted by molar-refractivity contribution is 6.16. The molecular formula is C13H29Cl2N. The summed E-state index contributed by atoms with van der Waals surface area (Å²) in [4.78, 5) is 0. The highest BCUT2D eigenvalue weighted by Gasteiger charge is 2.11. The molecule has 0 fully saturated rings. The molecule has 0 spiro atoms. The minimum atomic E-state index is 0. The third kappa shape index (κ3) is 12.6. The number of alkyl halides is 1. The molecule has 0 rings (SSSR count). The van der Waals surface area contributed by atoms with Gasteiger partial charge in [-0.3, -0.25) is 0 Å². The average molecular weight is 270 g/mol. The maximum atomic E-state index is 5.86. The van der Waals surface area contributed by atoms with Crippen molar-refractivity contribution >= 4 is 11.6 Å². The molecule has 0 aliphatic rings. The van der Waals surface area contributed by atoms with E-state index in [0.29, 0.717) is 0 Å². The molecule has 100 valence electrons. The largest absolute Gasteiger partial charge is 1.00 e. The van der Waals surface area contributed by atoms with E-state index in [1.165, 1.54) is 57.9 Å². The summed E-state index contributed by atoms with van der Waals surface area (Å²) in [7, 11) is 4.41. The van der Waals surface area contributed by atoms with E-state index in [0.717, 1.165) is 10.5 Å². The van der Waals surface area contributed by atoms with E-state index in [1.54, 1.807) is 0 Å². The molecule has 0 aliphatic carbocycles. The van der Waals surface area contributed by atoms with Gasteiger partial charge in [0.2, 0.25) is 0 Å². The Morgan fingerprint density at radius 2 is 1.25 bits per heavy atom. The van der Waals surface area contributed by atoms with Crippen LogP contribution in [0.3, 0.4) is 0 Å². The van der Waals surface area contributed by atoms with Gasteiger partial charge in [0.15, 0.2) is 6.00 Å². The Kier molecular flexibility index (Phi) is 14.2. The Balaban J connectivity index is 0. The van der Waals surface area contributed by atoms with Crippen molar-refractivity contribution < 1.29 is 16.9 Å². The molecular weight excluding hydrogens is 241 g/mol. The second-order valence-corrected chi connectivity index (χ2v) is 5.49. The van der Waals surface area contributed by atoms with E-state index in [-0.39, 0.29) is 12.4 Å². The van der Waals surface area contributed by atoms with Gasteiger partial charge in [-0.05, 0) is 12.8 Å². The molecule has 1 nitrogen and oxygen atoms in total. The van der Waals surface area contributed by atoms with Crippen molar-refractivity contribution in [3.63, 3.8) is 0 Å². The van der Waals surface area contributed by atoms with Crippen molar-refractivity contribution in [2.75, 3.05) is 26.6 Å². The molecule has 0 aliphatic heterocycles. The minimum absolute atomic E-state index is 0. The van der Waals surface area contributed by atoms with Gasteiger partial charge in [-0.15, -0.1) is 0 Å². The number of hydrogen-bond acceptors (Lipinski definition) is 0. The van der Waals surface area contributed by atoms with Crippen LogP contribution in [0.25, 0.3) is 0 Å². The standard InChI is InChI=1S/C13H29ClN.ClH/c1-4-5-6-7-8-9-10-11-12-15(2,3)13-14;/h4-13H2,1-3H3;1H/q+1;/p-1. The van der Waals surface area contributed by atoms with Crippen LogP contribution in [0.2, 0.25) is 0 Å². The summed E-state index contributed by atoms with van der Waals surface area (Å²) in [6, 6.07) is 0.733. The minimum Gasteiger partial charge on any atom is -1.00 e. The van der Waals surface area contributed by atoms with Gasteiger partial charge < -0.3 is 16.9 Å². The molecule has 0 bridgehead atoms. The van der Waals surface area contributed by atoms with Crippen LogP contribution in [0.15, 0.2) is 0 Å². The van der Waals surface area contributed by atoms with Crippen molar-refractivity contribution in [2.45, 2.75) is 58.3 Å². The molecule has 0 radical (unpaired) electrons. The van der Waals surface area contributed by atoms with Crippen LogP contribution >= 0.6 is 11.6 Å². The van der Waals surface area contributed by atoms with Gasteiger partial charge >= 0.3 is 0 Å². The molecule has 0 aromatic heterocycles. The predicted molar refractivity (Wildman–Crippen MR) is 70.3 cm³/mol. The monoisotopic (exact) mass is 269 g/mol. The number of hydrogen-bond donors (Lipinski definition) is 0. The summed E-state index contributed by atoms with van der Waals surface area (Å²) in [5.74, 6) is 0. The lowest BCUT2D eigenvalue weighted by Gasteiger charge is -2.26. The molecule has 0 saturated heterocycles. The second kappa shape index (κ2) is 12.0. The molecule has 0 saturated carbocycles. The first kappa shape index (κ1) is 18.9. The fourth-order valence-corrected chi connectivity index (χ4v) is 1.85. The first-order valence-electron chi connectivity index (χ1n) is 6.50. The number of unbranched alkanes of at least 4 members (excludes halogenated alkanes) is 7. The van der Waals surface area contributed by atoms with Crippen LogP contribution < -0.4 is 12.4 Å². The van der Waals surface area contributed by atoms with E-state index in [1.807, 2.05) is 0 Å². The highest BCUT2D eigenvalue weighted by atomic mass is 35.5. The summed E-state index contributed by atoms with van der Waals surface area (Å²) in [5.41, 5.74) is 0. The van der Waals surface area contributed by atoms with Gasteiger partial charge in [-0.2, -0.15) is 0 Å². The van der Waals surface area contributed by atoms with Crippen LogP contribution in [-0.2, 0) is 0 Å². The number of quaternary nitrogens is 1. The van der Waals surface area contributed by atoms with Crippen LogP contribution in [0.1, 0.15) is 58.3 Å². The average Bonchev–Trinajstić information content (AvgIpc) is 2.22. The highest BCUT2D eigenvalue weighted by Crippen LogP contribution is 2.10. The summed E-state index contributed by atoms with van der Waals surface area (Å²) in [6.07, 6.45) is 11.2. The summed E-state index contributed by atoms with van der Waals surface area (Å²) < 4.78 is 0.956. The molecule has 16 heavy (non-hydrogen) atoms. The van der Waals surface area contributed by atoms with Crippen molar-refractivity contribution in [3.8, 4) is 0 Å². The second-order valence-electron chi connectivity index (χ2n) is 5.25. The molecule has 0 aromatic rings. The molecule has 0 atom stereocenters. The van der Waals surface area contributed by atoms with Crippen molar-refractivity contribution in [3.05, 3.63) is 0 Å². The van der Waals surface area contributed by atoms with Crippen LogP contribution in [0, 0.1) is 0 Å². The maximum absolute atomic E-state index is 5.86. The Bertz CT molecular complexity index is 138. The van der Waals surface area contributed by atoms with Crippen LogP contribution in [0.4, 0.5) is 0 Å². The maximum Gasteiger partial charge on any atom is 0.154 e. The zero-order valence-electron chi connectivity index (χ0n) is 11.3. The first-order chi connectivity index (χ1) is 7.12. The summed E-state index contributed by atoms with van der Waals surface area (Å²) in [6.45, 7) is 3.49. The van der Waals surface area contributed by atoms with Gasteiger partial charge in [0, 0.05) is 0 Å². The SMILES string of the molecule is CCCCCCCCCC[N+](C)(C)CCl.[Cl-]. The molecule has 0 heterocycles. The molecule has 0 unspecified atom stereocenters. The molecule has 0 amide bonds. The van der Waals surface area contributed by atoms with E-state index in [2.05, 4.69) is 21.0 Å². The third-order valence-corrected chi connectivity index (χ3v) is 3.59. The van der Waals surface area contributed by atoms with Gasteiger partial charge in [-0.25, -0.2) is 0 Å². The Morgan fingerprint density at radius 3 is 1.69 bits per heavy atom. The van der Waals surface area contributed by atoms with E-state index in [4.69, 9.17) is 11.6 Å². The van der Waals surface area contributed by atoms with Gasteiger partial charge in [0.05, 0.1) is 20.6 Å². The smallest absolute Gasteiger partial charge is 0.154 e. The lowest BCUT2D eigenvalue weighted by Crippen LogP contribution is -3.00. The normalized spacial score (nSPS) is 11.2. The van der Waals surface area contributed by atoms with Crippen LogP contribution in [-0.4, -0.2) is 31.1 Å². The quantitative estimate of drug-likeness (QED) is 0.244. The van der Waals surface area contributed by atoms with E-state index < -0.39 is 0 Å². The molecule has 0 aromatic carbocycles. The Labute approximate surface area is 114 Å². The first-order valence-corrected chi connectivity index (χ1v) is 7.04. The lowest BCUT2D eigenvalue weighted by atomic mass is 10.1. The van der Waals surface area contributed by atoms with E-state index >= 15 is 0 Å². The summed E-state index contributed by atoms with van der Waals surface area (Å²) in [5, 5.41) is 0. The van der Waals surface area contributed by atoms with E-state index in [9.17, 15) is 0 Å². The number of halogens is 2. The molecule has 0 N–H and O–H groups in total. The third-order valence-electron chi connectivity index (χ3n) is 2.94.